The summed E-state index contributed by atoms with van der Waals surface area (Å²) in [6.07, 6.45) is 5.58. The number of nitrogens with one attached hydrogen (secondary N) is 1. The molecular weight excluding hydrogens is 258 g/mol. The number of benzene rings is 1. The average Bonchev–Trinajstić information content (AvgIpc) is 2.54. The standard InChI is InChI=1S/C18H25N3/c1-4-14-5-6-15-16(11-14)18(20-12-17(15)19-3)21-9-7-13(2)8-10-21/h5-6,11-13,19H,4,7-10H2,1-3H3. The zero-order valence-corrected chi connectivity index (χ0v) is 13.3. The van der Waals surface area contributed by atoms with Crippen LogP contribution >= 0.6 is 0 Å². The Balaban J connectivity index is 2.09. The molecule has 21 heavy (non-hydrogen) atoms. The van der Waals surface area contributed by atoms with Gasteiger partial charge in [-0.1, -0.05) is 26.0 Å². The minimum Gasteiger partial charge on any atom is -0.386 e. The summed E-state index contributed by atoms with van der Waals surface area (Å²) in [4.78, 5) is 7.22. The third-order valence-electron chi connectivity index (χ3n) is 4.69. The Hall–Kier alpha value is -1.77. The average molecular weight is 283 g/mol. The van der Waals surface area contributed by atoms with E-state index in [9.17, 15) is 0 Å². The van der Waals surface area contributed by atoms with E-state index in [-0.39, 0.29) is 0 Å². The van der Waals surface area contributed by atoms with Gasteiger partial charge in [0.25, 0.3) is 0 Å². The number of aryl methyl sites for hydroxylation is 1. The van der Waals surface area contributed by atoms with E-state index in [0.717, 1.165) is 36.9 Å². The Bertz CT molecular complexity index is 628. The van der Waals surface area contributed by atoms with Gasteiger partial charge in [0.15, 0.2) is 0 Å². The van der Waals surface area contributed by atoms with Crippen molar-refractivity contribution in [2.24, 2.45) is 5.92 Å². The van der Waals surface area contributed by atoms with Crippen molar-refractivity contribution in [2.75, 3.05) is 30.4 Å². The van der Waals surface area contributed by atoms with E-state index in [1.165, 1.54) is 29.2 Å². The van der Waals surface area contributed by atoms with E-state index in [1.54, 1.807) is 0 Å². The predicted molar refractivity (Wildman–Crippen MR) is 91.3 cm³/mol. The summed E-state index contributed by atoms with van der Waals surface area (Å²) in [5.41, 5.74) is 2.49. The van der Waals surface area contributed by atoms with Crippen LogP contribution in [0.4, 0.5) is 11.5 Å². The summed E-state index contributed by atoms with van der Waals surface area (Å²) >= 11 is 0. The molecule has 1 aromatic carbocycles. The van der Waals surface area contributed by atoms with Gasteiger partial charge in [0.1, 0.15) is 5.82 Å². The molecule has 0 bridgehead atoms. The molecule has 0 amide bonds. The first-order valence-electron chi connectivity index (χ1n) is 8.07. The van der Waals surface area contributed by atoms with Gasteiger partial charge < -0.3 is 10.2 Å². The quantitative estimate of drug-likeness (QED) is 0.920. The zero-order chi connectivity index (χ0) is 14.8. The van der Waals surface area contributed by atoms with Crippen molar-refractivity contribution in [3.8, 4) is 0 Å². The molecule has 1 aliphatic rings. The van der Waals surface area contributed by atoms with Gasteiger partial charge in [-0.15, -0.1) is 0 Å². The number of piperidine rings is 1. The van der Waals surface area contributed by atoms with Crippen molar-refractivity contribution in [2.45, 2.75) is 33.1 Å². The maximum Gasteiger partial charge on any atom is 0.136 e. The molecule has 0 spiro atoms. The highest BCUT2D eigenvalue weighted by atomic mass is 15.2. The molecule has 0 atom stereocenters. The lowest BCUT2D eigenvalue weighted by molar-refractivity contribution is 0.437. The Morgan fingerprint density at radius 1 is 1.24 bits per heavy atom. The summed E-state index contributed by atoms with van der Waals surface area (Å²) in [6, 6.07) is 6.78. The van der Waals surface area contributed by atoms with Gasteiger partial charge in [-0.05, 0) is 36.8 Å². The fourth-order valence-electron chi connectivity index (χ4n) is 3.17. The highest BCUT2D eigenvalue weighted by Gasteiger charge is 2.19. The fraction of sp³-hybridized carbons (Fsp3) is 0.500. The molecule has 0 unspecified atom stereocenters. The van der Waals surface area contributed by atoms with Crippen LogP contribution in [0.1, 0.15) is 32.3 Å². The van der Waals surface area contributed by atoms with Gasteiger partial charge in [-0.3, -0.25) is 0 Å². The Morgan fingerprint density at radius 3 is 2.67 bits per heavy atom. The fourth-order valence-corrected chi connectivity index (χ4v) is 3.17. The van der Waals surface area contributed by atoms with E-state index >= 15 is 0 Å². The Morgan fingerprint density at radius 2 is 2.00 bits per heavy atom. The molecular formula is C18H25N3. The van der Waals surface area contributed by atoms with Crippen molar-refractivity contribution in [1.82, 2.24) is 4.98 Å². The van der Waals surface area contributed by atoms with Crippen LogP contribution < -0.4 is 10.2 Å². The first kappa shape index (κ1) is 14.2. The van der Waals surface area contributed by atoms with Crippen LogP contribution in [0.2, 0.25) is 0 Å². The van der Waals surface area contributed by atoms with Gasteiger partial charge in [0.2, 0.25) is 0 Å². The molecule has 2 aromatic rings. The van der Waals surface area contributed by atoms with Gasteiger partial charge in [-0.25, -0.2) is 4.98 Å². The molecule has 1 aromatic heterocycles. The maximum absolute atomic E-state index is 4.77. The second kappa shape index (κ2) is 5.92. The van der Waals surface area contributed by atoms with E-state index < -0.39 is 0 Å². The molecule has 1 N–H and O–H groups in total. The molecule has 3 heteroatoms. The van der Waals surface area contributed by atoms with Crippen molar-refractivity contribution in [3.05, 3.63) is 30.0 Å². The normalized spacial score (nSPS) is 16.4. The van der Waals surface area contributed by atoms with Crippen molar-refractivity contribution >= 4 is 22.3 Å². The molecule has 0 saturated carbocycles. The number of aromatic nitrogens is 1. The van der Waals surface area contributed by atoms with Crippen molar-refractivity contribution in [3.63, 3.8) is 0 Å². The summed E-state index contributed by atoms with van der Waals surface area (Å²) in [7, 11) is 1.96. The van der Waals surface area contributed by atoms with E-state index in [1.807, 2.05) is 13.2 Å². The predicted octanol–water partition coefficient (Wildman–Crippen LogP) is 4.08. The number of anilines is 2. The lowest BCUT2D eigenvalue weighted by atomic mass is 9.98. The van der Waals surface area contributed by atoms with Crippen LogP contribution in [0.15, 0.2) is 24.4 Å². The third-order valence-corrected chi connectivity index (χ3v) is 4.69. The molecule has 3 nitrogen and oxygen atoms in total. The topological polar surface area (TPSA) is 28.2 Å². The molecule has 0 radical (unpaired) electrons. The number of rotatable bonds is 3. The number of fused-ring (bicyclic) bond motifs is 1. The molecule has 1 fully saturated rings. The lowest BCUT2D eigenvalue weighted by Gasteiger charge is -2.32. The minimum atomic E-state index is 0.843. The lowest BCUT2D eigenvalue weighted by Crippen LogP contribution is -2.33. The SMILES string of the molecule is CCc1ccc2c(NC)cnc(N3CCC(C)CC3)c2c1. The van der Waals surface area contributed by atoms with E-state index in [0.29, 0.717) is 0 Å². The summed E-state index contributed by atoms with van der Waals surface area (Å²) in [6.45, 7) is 6.80. The molecule has 3 rings (SSSR count). The van der Waals surface area contributed by atoms with Crippen molar-refractivity contribution < 1.29 is 0 Å². The maximum atomic E-state index is 4.77. The van der Waals surface area contributed by atoms with Gasteiger partial charge >= 0.3 is 0 Å². The zero-order valence-electron chi connectivity index (χ0n) is 13.3. The van der Waals surface area contributed by atoms with Gasteiger partial charge in [0, 0.05) is 30.9 Å². The second-order valence-electron chi connectivity index (χ2n) is 6.15. The number of hydrogen-bond acceptors (Lipinski definition) is 3. The number of pyridine rings is 1. The molecule has 1 aliphatic heterocycles. The smallest absolute Gasteiger partial charge is 0.136 e. The van der Waals surface area contributed by atoms with Crippen LogP contribution in [0.25, 0.3) is 10.8 Å². The highest BCUT2D eigenvalue weighted by molar-refractivity contribution is 6.00. The van der Waals surface area contributed by atoms with Crippen LogP contribution in [0, 0.1) is 5.92 Å². The summed E-state index contributed by atoms with van der Waals surface area (Å²) in [5, 5.41) is 5.83. The molecule has 112 valence electrons. The highest BCUT2D eigenvalue weighted by Crippen LogP contribution is 2.33. The first-order valence-corrected chi connectivity index (χ1v) is 8.07. The van der Waals surface area contributed by atoms with Crippen LogP contribution in [0.3, 0.4) is 0 Å². The van der Waals surface area contributed by atoms with Crippen LogP contribution in [0.5, 0.6) is 0 Å². The van der Waals surface area contributed by atoms with Crippen LogP contribution in [-0.2, 0) is 6.42 Å². The molecule has 2 heterocycles. The first-order chi connectivity index (χ1) is 10.2. The summed E-state index contributed by atoms with van der Waals surface area (Å²) in [5.74, 6) is 2.00. The summed E-state index contributed by atoms with van der Waals surface area (Å²) < 4.78 is 0. The largest absolute Gasteiger partial charge is 0.386 e. The Kier molecular flexibility index (Phi) is 4.00. The molecule has 1 saturated heterocycles. The van der Waals surface area contributed by atoms with E-state index in [2.05, 4.69) is 42.3 Å². The minimum absolute atomic E-state index is 0.843. The van der Waals surface area contributed by atoms with Gasteiger partial charge in [-0.2, -0.15) is 0 Å². The van der Waals surface area contributed by atoms with Gasteiger partial charge in [0.05, 0.1) is 11.9 Å². The third kappa shape index (κ3) is 2.69. The Labute approximate surface area is 127 Å². The van der Waals surface area contributed by atoms with Crippen LogP contribution in [-0.4, -0.2) is 25.1 Å². The van der Waals surface area contributed by atoms with Crippen molar-refractivity contribution in [1.29, 1.82) is 0 Å². The molecule has 0 aliphatic carbocycles. The number of hydrogen-bond donors (Lipinski definition) is 1. The monoisotopic (exact) mass is 283 g/mol. The second-order valence-corrected chi connectivity index (χ2v) is 6.15. The van der Waals surface area contributed by atoms with E-state index in [4.69, 9.17) is 4.98 Å². The number of nitrogens with zero attached hydrogens (tertiary/aromatic N) is 2.